The summed E-state index contributed by atoms with van der Waals surface area (Å²) in [6, 6.07) is 21.3. The number of nitrogens with one attached hydrogen (secondary N) is 1. The molecular formula is C27H25ClN2. The molecule has 150 valence electrons. The minimum absolute atomic E-state index is 0. The lowest BCUT2D eigenvalue weighted by Crippen LogP contribution is -2.19. The van der Waals surface area contributed by atoms with Crippen LogP contribution in [-0.2, 0) is 12.8 Å². The van der Waals surface area contributed by atoms with Crippen molar-refractivity contribution in [3.05, 3.63) is 105 Å². The molecule has 0 atom stereocenters. The smallest absolute Gasteiger partial charge is 0.0864 e. The Kier molecular flexibility index (Phi) is 6.15. The van der Waals surface area contributed by atoms with Crippen LogP contribution in [0.3, 0.4) is 0 Å². The summed E-state index contributed by atoms with van der Waals surface area (Å²) in [6.45, 7) is 0. The summed E-state index contributed by atoms with van der Waals surface area (Å²) in [5.74, 6) is 0. The van der Waals surface area contributed by atoms with E-state index in [9.17, 15) is 0 Å². The van der Waals surface area contributed by atoms with Crippen LogP contribution in [-0.4, -0.2) is 6.21 Å². The number of benzene rings is 3. The van der Waals surface area contributed by atoms with Crippen molar-refractivity contribution in [3.8, 4) is 0 Å². The number of nitrogens with zero attached hydrogens (tertiary/aromatic N) is 1. The summed E-state index contributed by atoms with van der Waals surface area (Å²) in [7, 11) is 0. The van der Waals surface area contributed by atoms with Gasteiger partial charge in [-0.25, -0.2) is 0 Å². The molecule has 0 amide bonds. The van der Waals surface area contributed by atoms with Crippen LogP contribution in [0.15, 0.2) is 77.9 Å². The molecular weight excluding hydrogens is 388 g/mol. The molecule has 1 heterocycles. The number of hydrogen-bond donors (Lipinski definition) is 1. The first kappa shape index (κ1) is 20.2. The Morgan fingerprint density at radius 1 is 0.767 bits per heavy atom. The highest BCUT2D eigenvalue weighted by atomic mass is 35.5. The van der Waals surface area contributed by atoms with Gasteiger partial charge in [-0.2, -0.15) is 0 Å². The quantitative estimate of drug-likeness (QED) is 0.540. The van der Waals surface area contributed by atoms with E-state index in [2.05, 4.69) is 58.9 Å². The number of rotatable bonds is 0. The van der Waals surface area contributed by atoms with Crippen LogP contribution in [0, 0.1) is 10.4 Å². The van der Waals surface area contributed by atoms with Crippen LogP contribution in [0.2, 0.25) is 0 Å². The zero-order valence-electron chi connectivity index (χ0n) is 16.8. The van der Waals surface area contributed by atoms with Gasteiger partial charge in [-0.05, 0) is 75.9 Å². The highest BCUT2D eigenvalue weighted by Crippen LogP contribution is 2.24. The zero-order chi connectivity index (χ0) is 19.5. The first-order chi connectivity index (χ1) is 14.4. The van der Waals surface area contributed by atoms with Gasteiger partial charge in [0.15, 0.2) is 0 Å². The number of aliphatic imine (C=N–C) groups is 1. The summed E-state index contributed by atoms with van der Waals surface area (Å²) in [5.41, 5.74) is 5.21. The maximum atomic E-state index is 4.21. The van der Waals surface area contributed by atoms with Gasteiger partial charge < -0.3 is 5.32 Å². The average Bonchev–Trinajstić information content (AvgIpc) is 3.05. The summed E-state index contributed by atoms with van der Waals surface area (Å²) >= 11 is 0. The fourth-order valence-electron chi connectivity index (χ4n) is 4.36. The second kappa shape index (κ2) is 9.15. The predicted molar refractivity (Wildman–Crippen MR) is 130 cm³/mol. The third-order valence-electron chi connectivity index (χ3n) is 5.78. The Labute approximate surface area is 183 Å². The largest absolute Gasteiger partial charge is 0.360 e. The van der Waals surface area contributed by atoms with Gasteiger partial charge in [-0.15, -0.1) is 12.4 Å². The van der Waals surface area contributed by atoms with Crippen LogP contribution < -0.4 is 15.8 Å². The molecule has 3 aliphatic rings. The normalized spacial score (nSPS) is 14.4. The minimum atomic E-state index is 0. The third-order valence-corrected chi connectivity index (χ3v) is 5.78. The lowest BCUT2D eigenvalue weighted by molar-refractivity contribution is 0.824. The summed E-state index contributed by atoms with van der Waals surface area (Å²) in [4.78, 5) is 4.21. The van der Waals surface area contributed by atoms with Gasteiger partial charge in [-0.3, -0.25) is 4.99 Å². The van der Waals surface area contributed by atoms with Crippen LogP contribution in [0.5, 0.6) is 0 Å². The number of para-hydroxylation sites is 2. The molecule has 1 aliphatic heterocycles. The molecule has 0 aromatic heterocycles. The van der Waals surface area contributed by atoms with Crippen LogP contribution in [0.25, 0.3) is 12.2 Å². The second-order valence-corrected chi connectivity index (χ2v) is 7.55. The molecule has 2 nitrogen and oxygen atoms in total. The standard InChI is InChI=1S/C18H16.C9H8N2.ClH/c1-3-7-15-13(5-1)9-11-18-16-8-4-2-6-14(16)10-12-17(15)18;1-2-5-9-8(4-1)10-6-3-7-11-9;/h1,3,5-7,9-10,12H,2,4,8,11H2;1-7,10H;1H. The molecule has 3 heteroatoms. The van der Waals surface area contributed by atoms with E-state index in [1.807, 2.05) is 36.5 Å². The lowest BCUT2D eigenvalue weighted by atomic mass is 9.89. The molecule has 0 unspecified atom stereocenters. The molecule has 0 radical (unpaired) electrons. The minimum Gasteiger partial charge on any atom is -0.360 e. The fraction of sp³-hybridized carbons (Fsp3) is 0.148. The molecule has 0 saturated heterocycles. The van der Waals surface area contributed by atoms with E-state index in [0.717, 1.165) is 17.8 Å². The van der Waals surface area contributed by atoms with Crippen molar-refractivity contribution in [2.45, 2.75) is 25.7 Å². The molecule has 2 aliphatic carbocycles. The SMILES string of the molecule is C1=CNc2ccccc2N=C1.C1=c2ccc3c(c2CCC1)CC=c1ccccc1=3.Cl. The number of allylic oxidation sites excluding steroid dienone is 1. The Morgan fingerprint density at radius 3 is 2.60 bits per heavy atom. The van der Waals surface area contributed by atoms with Crippen molar-refractivity contribution in [2.24, 2.45) is 4.99 Å². The maximum absolute atomic E-state index is 4.21. The third kappa shape index (κ3) is 3.96. The van der Waals surface area contributed by atoms with Gasteiger partial charge >= 0.3 is 0 Å². The maximum Gasteiger partial charge on any atom is 0.0864 e. The highest BCUT2D eigenvalue weighted by Gasteiger charge is 2.10. The molecule has 3 aromatic rings. The molecule has 0 fully saturated rings. The summed E-state index contributed by atoms with van der Waals surface area (Å²) < 4.78 is 0. The molecule has 6 rings (SSSR count). The van der Waals surface area contributed by atoms with E-state index in [-0.39, 0.29) is 12.4 Å². The van der Waals surface area contributed by atoms with Gasteiger partial charge in [0.1, 0.15) is 0 Å². The Balaban J connectivity index is 0.000000157. The highest BCUT2D eigenvalue weighted by molar-refractivity contribution is 5.85. The van der Waals surface area contributed by atoms with E-state index < -0.39 is 0 Å². The van der Waals surface area contributed by atoms with Crippen LogP contribution in [0.4, 0.5) is 11.4 Å². The van der Waals surface area contributed by atoms with Gasteiger partial charge in [-0.1, -0.05) is 60.7 Å². The number of halogens is 1. The van der Waals surface area contributed by atoms with E-state index >= 15 is 0 Å². The van der Waals surface area contributed by atoms with Crippen molar-refractivity contribution in [2.75, 3.05) is 5.32 Å². The van der Waals surface area contributed by atoms with Gasteiger partial charge in [0.05, 0.1) is 11.4 Å². The summed E-state index contributed by atoms with van der Waals surface area (Å²) in [6.07, 6.45) is 15.2. The van der Waals surface area contributed by atoms with Gasteiger partial charge in [0.25, 0.3) is 0 Å². The number of hydrogen-bond acceptors (Lipinski definition) is 2. The van der Waals surface area contributed by atoms with Gasteiger partial charge in [0, 0.05) is 12.4 Å². The Bertz CT molecular complexity index is 1340. The molecule has 30 heavy (non-hydrogen) atoms. The fourth-order valence-corrected chi connectivity index (χ4v) is 4.36. The average molecular weight is 413 g/mol. The van der Waals surface area contributed by atoms with E-state index in [1.165, 1.54) is 40.1 Å². The second-order valence-electron chi connectivity index (χ2n) is 7.55. The van der Waals surface area contributed by atoms with Crippen molar-refractivity contribution in [1.29, 1.82) is 0 Å². The molecule has 3 aromatic carbocycles. The Hall–Kier alpha value is -3.10. The van der Waals surface area contributed by atoms with Crippen molar-refractivity contribution >= 4 is 42.1 Å². The van der Waals surface area contributed by atoms with Crippen molar-refractivity contribution in [1.82, 2.24) is 0 Å². The molecule has 0 bridgehead atoms. The van der Waals surface area contributed by atoms with Crippen LogP contribution >= 0.6 is 12.4 Å². The predicted octanol–water partition coefficient (Wildman–Crippen LogP) is 5.18. The first-order valence-electron chi connectivity index (χ1n) is 10.4. The van der Waals surface area contributed by atoms with Crippen molar-refractivity contribution in [3.63, 3.8) is 0 Å². The van der Waals surface area contributed by atoms with E-state index in [0.29, 0.717) is 0 Å². The van der Waals surface area contributed by atoms with E-state index in [4.69, 9.17) is 0 Å². The number of fused-ring (bicyclic) bond motifs is 5. The topological polar surface area (TPSA) is 24.4 Å². The zero-order valence-corrected chi connectivity index (χ0v) is 17.7. The van der Waals surface area contributed by atoms with Crippen molar-refractivity contribution < 1.29 is 0 Å². The van der Waals surface area contributed by atoms with Crippen LogP contribution in [0.1, 0.15) is 24.0 Å². The molecule has 1 N–H and O–H groups in total. The lowest BCUT2D eigenvalue weighted by Gasteiger charge is -2.16. The van der Waals surface area contributed by atoms with E-state index in [1.54, 1.807) is 17.3 Å². The van der Waals surface area contributed by atoms with Gasteiger partial charge in [0.2, 0.25) is 0 Å². The molecule has 0 spiro atoms. The Morgan fingerprint density at radius 2 is 1.63 bits per heavy atom. The first-order valence-corrected chi connectivity index (χ1v) is 10.4. The summed E-state index contributed by atoms with van der Waals surface area (Å²) in [5, 5.41) is 8.86. The number of anilines is 1. The monoisotopic (exact) mass is 412 g/mol. The molecule has 0 saturated carbocycles.